The minimum absolute atomic E-state index is 0.0767. The third kappa shape index (κ3) is 3.85. The van der Waals surface area contributed by atoms with E-state index in [2.05, 4.69) is 39.0 Å². The molecule has 1 aliphatic heterocycles. The van der Waals surface area contributed by atoms with Crippen molar-refractivity contribution in [3.63, 3.8) is 0 Å². The molecule has 0 atom stereocenters. The molecule has 4 heterocycles. The molecular weight excluding hydrogens is 370 g/mol. The molecule has 0 spiro atoms. The number of amides is 1. The number of carbonyl (C=O) groups excluding carboxylic acids is 1. The predicted octanol–water partition coefficient (Wildman–Crippen LogP) is 3.28. The van der Waals surface area contributed by atoms with Gasteiger partial charge in [0.2, 0.25) is 5.91 Å². The Morgan fingerprint density at radius 1 is 1.29 bits per heavy atom. The molecule has 28 heavy (non-hydrogen) atoms. The number of carbonyl (C=O) groups is 1. The molecule has 3 aromatic heterocycles. The van der Waals surface area contributed by atoms with Crippen LogP contribution in [0.25, 0.3) is 10.2 Å². The van der Waals surface area contributed by atoms with E-state index in [0.717, 1.165) is 48.6 Å². The fraction of sp³-hybridized carbons (Fsp3) is 0.429. The number of pyridine rings is 1. The molecule has 146 valence electrons. The maximum atomic E-state index is 12.5. The zero-order valence-corrected chi connectivity index (χ0v) is 17.1. The Morgan fingerprint density at radius 3 is 2.86 bits per heavy atom. The lowest BCUT2D eigenvalue weighted by molar-refractivity contribution is -0.125. The van der Waals surface area contributed by atoms with Crippen LogP contribution in [-0.2, 0) is 11.2 Å². The Balaban J connectivity index is 1.34. The van der Waals surface area contributed by atoms with Gasteiger partial charge in [0.1, 0.15) is 17.0 Å². The lowest BCUT2D eigenvalue weighted by Gasteiger charge is -2.32. The first-order chi connectivity index (χ1) is 13.6. The number of thiophene rings is 1. The fourth-order valence-electron chi connectivity index (χ4n) is 3.78. The van der Waals surface area contributed by atoms with Gasteiger partial charge in [0.15, 0.2) is 0 Å². The molecule has 3 aromatic rings. The highest BCUT2D eigenvalue weighted by atomic mass is 32.1. The minimum atomic E-state index is 0.0767. The van der Waals surface area contributed by atoms with Crippen molar-refractivity contribution in [2.75, 3.05) is 24.5 Å². The quantitative estimate of drug-likeness (QED) is 0.718. The highest BCUT2D eigenvalue weighted by Gasteiger charge is 2.27. The average Bonchev–Trinajstić information content (AvgIpc) is 3.03. The number of anilines is 1. The van der Waals surface area contributed by atoms with Crippen LogP contribution in [0.3, 0.4) is 0 Å². The molecule has 1 amide bonds. The summed E-state index contributed by atoms with van der Waals surface area (Å²) in [6.07, 6.45) is 7.79. The number of nitrogens with one attached hydrogen (secondary N) is 1. The molecule has 7 heteroatoms. The van der Waals surface area contributed by atoms with Crippen molar-refractivity contribution in [1.82, 2.24) is 20.3 Å². The fourth-order valence-corrected chi connectivity index (χ4v) is 4.77. The van der Waals surface area contributed by atoms with Crippen LogP contribution in [-0.4, -0.2) is 40.5 Å². The molecular formula is C21H25N5OS. The van der Waals surface area contributed by atoms with Gasteiger partial charge in [0.25, 0.3) is 0 Å². The van der Waals surface area contributed by atoms with Gasteiger partial charge >= 0.3 is 0 Å². The molecule has 1 aliphatic rings. The summed E-state index contributed by atoms with van der Waals surface area (Å²) in [5.41, 5.74) is 2.41. The smallest absolute Gasteiger partial charge is 0.223 e. The first-order valence-electron chi connectivity index (χ1n) is 9.75. The standard InChI is InChI=1S/C21H25N5OS/c1-14-15(2)28-21-18(14)19(24-13-25-21)26-10-6-17(7-11-26)20(27)23-9-5-16-4-3-8-22-12-16/h3-4,8,12-13,17H,5-7,9-11H2,1-2H3,(H,23,27). The van der Waals surface area contributed by atoms with Gasteiger partial charge in [0, 0.05) is 42.8 Å². The summed E-state index contributed by atoms with van der Waals surface area (Å²) in [7, 11) is 0. The summed E-state index contributed by atoms with van der Waals surface area (Å²) < 4.78 is 0. The zero-order chi connectivity index (χ0) is 19.5. The molecule has 1 N–H and O–H groups in total. The van der Waals surface area contributed by atoms with E-state index in [-0.39, 0.29) is 11.8 Å². The van der Waals surface area contributed by atoms with E-state index in [1.165, 1.54) is 15.8 Å². The maximum absolute atomic E-state index is 12.5. The largest absolute Gasteiger partial charge is 0.356 e. The van der Waals surface area contributed by atoms with Crippen molar-refractivity contribution >= 4 is 33.3 Å². The van der Waals surface area contributed by atoms with E-state index in [1.807, 2.05) is 18.3 Å². The zero-order valence-electron chi connectivity index (χ0n) is 16.3. The van der Waals surface area contributed by atoms with Crippen molar-refractivity contribution < 1.29 is 4.79 Å². The monoisotopic (exact) mass is 395 g/mol. The molecule has 0 aliphatic carbocycles. The SMILES string of the molecule is Cc1sc2ncnc(N3CCC(C(=O)NCCc4cccnc4)CC3)c2c1C. The van der Waals surface area contributed by atoms with Crippen LogP contribution in [0.2, 0.25) is 0 Å². The summed E-state index contributed by atoms with van der Waals surface area (Å²) in [6, 6.07) is 3.96. The first-order valence-corrected chi connectivity index (χ1v) is 10.6. The summed E-state index contributed by atoms with van der Waals surface area (Å²) in [5, 5.41) is 4.26. The first kappa shape index (κ1) is 18.8. The molecule has 0 radical (unpaired) electrons. The predicted molar refractivity (Wildman–Crippen MR) is 113 cm³/mol. The molecule has 0 bridgehead atoms. The summed E-state index contributed by atoms with van der Waals surface area (Å²) >= 11 is 1.72. The Kier molecular flexibility index (Phi) is 5.52. The van der Waals surface area contributed by atoms with E-state index in [0.29, 0.717) is 6.54 Å². The van der Waals surface area contributed by atoms with Crippen LogP contribution in [0, 0.1) is 19.8 Å². The topological polar surface area (TPSA) is 71.0 Å². The maximum Gasteiger partial charge on any atom is 0.223 e. The van der Waals surface area contributed by atoms with E-state index in [9.17, 15) is 4.79 Å². The highest BCUT2D eigenvalue weighted by molar-refractivity contribution is 7.18. The molecule has 0 unspecified atom stereocenters. The van der Waals surface area contributed by atoms with E-state index in [4.69, 9.17) is 0 Å². The molecule has 6 nitrogen and oxygen atoms in total. The number of rotatable bonds is 5. The van der Waals surface area contributed by atoms with Gasteiger partial charge in [-0.3, -0.25) is 9.78 Å². The lowest BCUT2D eigenvalue weighted by Crippen LogP contribution is -2.41. The van der Waals surface area contributed by atoms with E-state index >= 15 is 0 Å². The van der Waals surface area contributed by atoms with Gasteiger partial charge in [-0.2, -0.15) is 0 Å². The van der Waals surface area contributed by atoms with Crippen LogP contribution >= 0.6 is 11.3 Å². The van der Waals surface area contributed by atoms with Crippen LogP contribution in [0.4, 0.5) is 5.82 Å². The van der Waals surface area contributed by atoms with Crippen molar-refractivity contribution in [3.8, 4) is 0 Å². The van der Waals surface area contributed by atoms with Gasteiger partial charge in [-0.25, -0.2) is 9.97 Å². The third-order valence-corrected chi connectivity index (χ3v) is 6.66. The molecule has 4 rings (SSSR count). The number of aromatic nitrogens is 3. The van der Waals surface area contributed by atoms with Crippen LogP contribution in [0.1, 0.15) is 28.8 Å². The van der Waals surface area contributed by atoms with Gasteiger partial charge in [-0.1, -0.05) is 6.07 Å². The lowest BCUT2D eigenvalue weighted by atomic mass is 9.95. The Bertz CT molecular complexity index is 964. The van der Waals surface area contributed by atoms with E-state index < -0.39 is 0 Å². The van der Waals surface area contributed by atoms with Crippen molar-refractivity contribution in [3.05, 3.63) is 46.9 Å². The number of aryl methyl sites for hydroxylation is 2. The van der Waals surface area contributed by atoms with Gasteiger partial charge in [0.05, 0.1) is 5.39 Å². The van der Waals surface area contributed by atoms with Crippen LogP contribution < -0.4 is 10.2 Å². The minimum Gasteiger partial charge on any atom is -0.356 e. The number of piperidine rings is 1. The Labute approximate surface area is 169 Å². The summed E-state index contributed by atoms with van der Waals surface area (Å²) in [6.45, 7) is 6.63. The van der Waals surface area contributed by atoms with Crippen LogP contribution in [0.5, 0.6) is 0 Å². The number of hydrogen-bond acceptors (Lipinski definition) is 6. The second kappa shape index (κ2) is 8.22. The molecule has 0 saturated carbocycles. The Hall–Kier alpha value is -2.54. The van der Waals surface area contributed by atoms with Crippen LogP contribution in [0.15, 0.2) is 30.9 Å². The van der Waals surface area contributed by atoms with Crippen molar-refractivity contribution in [2.24, 2.45) is 5.92 Å². The Morgan fingerprint density at radius 2 is 2.11 bits per heavy atom. The second-order valence-corrected chi connectivity index (χ2v) is 8.53. The third-order valence-electron chi connectivity index (χ3n) is 5.55. The van der Waals surface area contributed by atoms with E-state index in [1.54, 1.807) is 23.9 Å². The molecule has 1 fully saturated rings. The molecule has 1 saturated heterocycles. The van der Waals surface area contributed by atoms with Crippen molar-refractivity contribution in [1.29, 1.82) is 0 Å². The average molecular weight is 396 g/mol. The number of hydrogen-bond donors (Lipinski definition) is 1. The summed E-state index contributed by atoms with van der Waals surface area (Å²) in [4.78, 5) is 30.3. The summed E-state index contributed by atoms with van der Waals surface area (Å²) in [5.74, 6) is 1.26. The second-order valence-electron chi connectivity index (χ2n) is 7.32. The normalized spacial score (nSPS) is 15.1. The van der Waals surface area contributed by atoms with Gasteiger partial charge < -0.3 is 10.2 Å². The number of nitrogens with zero attached hydrogens (tertiary/aromatic N) is 4. The van der Waals surface area contributed by atoms with Gasteiger partial charge in [-0.15, -0.1) is 11.3 Å². The number of fused-ring (bicyclic) bond motifs is 1. The van der Waals surface area contributed by atoms with Crippen molar-refractivity contribution in [2.45, 2.75) is 33.1 Å². The highest BCUT2D eigenvalue weighted by Crippen LogP contribution is 2.35. The molecule has 0 aromatic carbocycles. The van der Waals surface area contributed by atoms with Gasteiger partial charge in [-0.05, 0) is 50.3 Å².